The fraction of sp³-hybridized carbons (Fsp3) is 0.680. The molecule has 28 heavy (non-hydrogen) atoms. The van der Waals surface area contributed by atoms with Crippen LogP contribution in [0.3, 0.4) is 0 Å². The van der Waals surface area contributed by atoms with Gasteiger partial charge in [0.05, 0.1) is 3.79 Å². The number of halogens is 1. The summed E-state index contributed by atoms with van der Waals surface area (Å²) >= 11 is 7.71. The van der Waals surface area contributed by atoms with Crippen molar-refractivity contribution in [3.63, 3.8) is 0 Å². The van der Waals surface area contributed by atoms with E-state index in [1.165, 1.54) is 93.7 Å². The maximum absolute atomic E-state index is 3.79. The Morgan fingerprint density at radius 3 is 1.93 bits per heavy atom. The van der Waals surface area contributed by atoms with Crippen molar-refractivity contribution < 1.29 is 0 Å². The predicted molar refractivity (Wildman–Crippen MR) is 132 cm³/mol. The lowest BCUT2D eigenvalue weighted by Gasteiger charge is -2.31. The Kier molecular flexibility index (Phi) is 9.12. The van der Waals surface area contributed by atoms with Gasteiger partial charge >= 0.3 is 0 Å². The van der Waals surface area contributed by atoms with E-state index < -0.39 is 0 Å². The minimum absolute atomic E-state index is 0.294. The van der Waals surface area contributed by atoms with Crippen molar-refractivity contribution in [2.24, 2.45) is 0 Å². The SMILES string of the molecule is CCCCCCCCC1(CCCCCCCC)c2ccsc2-c2sc(Br)cc21. The van der Waals surface area contributed by atoms with Crippen LogP contribution in [0.1, 0.15) is 115 Å². The highest BCUT2D eigenvalue weighted by Gasteiger charge is 2.44. The summed E-state index contributed by atoms with van der Waals surface area (Å²) in [7, 11) is 0. The van der Waals surface area contributed by atoms with E-state index in [0.29, 0.717) is 5.41 Å². The summed E-state index contributed by atoms with van der Waals surface area (Å²) in [5.41, 5.74) is 3.60. The zero-order valence-electron chi connectivity index (χ0n) is 17.8. The van der Waals surface area contributed by atoms with E-state index >= 15 is 0 Å². The van der Waals surface area contributed by atoms with Gasteiger partial charge in [0.1, 0.15) is 0 Å². The van der Waals surface area contributed by atoms with Crippen LogP contribution in [0.25, 0.3) is 9.75 Å². The quantitative estimate of drug-likeness (QED) is 0.235. The molecule has 0 aromatic carbocycles. The first-order valence-corrected chi connectivity index (χ1v) is 14.1. The second-order valence-electron chi connectivity index (χ2n) is 8.57. The molecule has 0 N–H and O–H groups in total. The Hall–Kier alpha value is -0.120. The van der Waals surface area contributed by atoms with Crippen LogP contribution in [-0.2, 0) is 5.41 Å². The van der Waals surface area contributed by atoms with Crippen LogP contribution in [0.15, 0.2) is 21.3 Å². The molecule has 0 bridgehead atoms. The Balaban J connectivity index is 1.70. The second kappa shape index (κ2) is 11.3. The van der Waals surface area contributed by atoms with E-state index in [9.17, 15) is 0 Å². The van der Waals surface area contributed by atoms with Gasteiger partial charge in [-0.05, 0) is 57.4 Å². The summed E-state index contributed by atoms with van der Waals surface area (Å²) in [6, 6.07) is 4.91. The normalized spacial score (nSPS) is 14.4. The monoisotopic (exact) mass is 480 g/mol. The highest BCUT2D eigenvalue weighted by Crippen LogP contribution is 2.59. The molecule has 0 amide bonds. The number of fused-ring (bicyclic) bond motifs is 3. The van der Waals surface area contributed by atoms with E-state index in [1.807, 2.05) is 22.7 Å². The van der Waals surface area contributed by atoms with Gasteiger partial charge in [-0.15, -0.1) is 22.7 Å². The van der Waals surface area contributed by atoms with Gasteiger partial charge in [0.2, 0.25) is 0 Å². The Morgan fingerprint density at radius 1 is 0.750 bits per heavy atom. The average Bonchev–Trinajstić information content (AvgIpc) is 3.36. The van der Waals surface area contributed by atoms with Gasteiger partial charge in [-0.2, -0.15) is 0 Å². The smallest absolute Gasteiger partial charge is 0.0708 e. The van der Waals surface area contributed by atoms with E-state index in [1.54, 1.807) is 20.9 Å². The molecule has 0 fully saturated rings. The van der Waals surface area contributed by atoms with Crippen LogP contribution >= 0.6 is 38.6 Å². The number of thiophene rings is 2. The van der Waals surface area contributed by atoms with Crippen molar-refractivity contribution in [1.82, 2.24) is 0 Å². The molecule has 0 saturated heterocycles. The standard InChI is InChI=1S/C25H37BrS2/c1-3-5-7-9-11-13-16-25(17-14-12-10-8-6-4-2)20-15-18-27-23(20)24-21(25)19-22(26)28-24/h15,18-19H,3-14,16-17H2,1-2H3. The van der Waals surface area contributed by atoms with Crippen LogP contribution in [-0.4, -0.2) is 0 Å². The topological polar surface area (TPSA) is 0 Å². The van der Waals surface area contributed by atoms with E-state index in [0.717, 1.165) is 0 Å². The maximum Gasteiger partial charge on any atom is 0.0708 e. The summed E-state index contributed by atoms with van der Waals surface area (Å²) in [6.45, 7) is 4.62. The molecule has 0 unspecified atom stereocenters. The summed E-state index contributed by atoms with van der Waals surface area (Å²) < 4.78 is 1.31. The predicted octanol–water partition coefficient (Wildman–Crippen LogP) is 10.3. The van der Waals surface area contributed by atoms with Crippen molar-refractivity contribution in [1.29, 1.82) is 0 Å². The fourth-order valence-corrected chi connectivity index (χ4v) is 7.84. The Bertz CT molecular complexity index is 696. The van der Waals surface area contributed by atoms with E-state index in [-0.39, 0.29) is 0 Å². The van der Waals surface area contributed by atoms with Gasteiger partial charge in [0, 0.05) is 15.2 Å². The van der Waals surface area contributed by atoms with Crippen molar-refractivity contribution in [2.45, 2.75) is 109 Å². The van der Waals surface area contributed by atoms with Crippen molar-refractivity contribution >= 4 is 38.6 Å². The summed E-state index contributed by atoms with van der Waals surface area (Å²) in [4.78, 5) is 3.14. The number of hydrogen-bond donors (Lipinski definition) is 0. The van der Waals surface area contributed by atoms with Gasteiger partial charge in [0.15, 0.2) is 0 Å². The molecule has 2 aromatic rings. The van der Waals surface area contributed by atoms with E-state index in [4.69, 9.17) is 0 Å². The van der Waals surface area contributed by atoms with Gasteiger partial charge < -0.3 is 0 Å². The van der Waals surface area contributed by atoms with Gasteiger partial charge in [-0.3, -0.25) is 0 Å². The van der Waals surface area contributed by atoms with E-state index in [2.05, 4.69) is 47.3 Å². The first kappa shape index (κ1) is 22.6. The van der Waals surface area contributed by atoms with Crippen LogP contribution in [0.4, 0.5) is 0 Å². The molecule has 3 heteroatoms. The molecular weight excluding hydrogens is 444 g/mol. The Morgan fingerprint density at radius 2 is 1.32 bits per heavy atom. The molecule has 1 aliphatic rings. The molecule has 1 aliphatic carbocycles. The van der Waals surface area contributed by atoms with Gasteiger partial charge in [-0.25, -0.2) is 0 Å². The largest absolute Gasteiger partial charge is 0.143 e. The molecule has 0 spiro atoms. The third kappa shape index (κ3) is 5.13. The molecule has 2 aromatic heterocycles. The lowest BCUT2D eigenvalue weighted by atomic mass is 9.71. The number of hydrogen-bond acceptors (Lipinski definition) is 2. The fourth-order valence-electron chi connectivity index (χ4n) is 4.97. The van der Waals surface area contributed by atoms with Gasteiger partial charge in [-0.1, -0.05) is 90.9 Å². The van der Waals surface area contributed by atoms with Crippen molar-refractivity contribution in [3.8, 4) is 9.75 Å². The van der Waals surface area contributed by atoms with Gasteiger partial charge in [0.25, 0.3) is 0 Å². The summed E-state index contributed by atoms with van der Waals surface area (Å²) in [6.07, 6.45) is 19.4. The maximum atomic E-state index is 3.79. The molecule has 2 heterocycles. The van der Waals surface area contributed by atoms with Crippen LogP contribution in [0, 0.1) is 0 Å². The molecule has 0 radical (unpaired) electrons. The first-order chi connectivity index (χ1) is 13.7. The highest BCUT2D eigenvalue weighted by molar-refractivity contribution is 9.11. The zero-order valence-corrected chi connectivity index (χ0v) is 21.0. The van der Waals surface area contributed by atoms with Crippen LogP contribution in [0.2, 0.25) is 0 Å². The molecule has 0 saturated carbocycles. The molecular formula is C25H37BrS2. The average molecular weight is 482 g/mol. The zero-order chi connectivity index (χ0) is 19.8. The van der Waals surface area contributed by atoms with Crippen molar-refractivity contribution in [3.05, 3.63) is 32.4 Å². The Labute approximate surface area is 189 Å². The lowest BCUT2D eigenvalue weighted by Crippen LogP contribution is -2.24. The lowest BCUT2D eigenvalue weighted by molar-refractivity contribution is 0.398. The number of rotatable bonds is 14. The first-order valence-electron chi connectivity index (χ1n) is 11.6. The molecule has 156 valence electrons. The molecule has 0 atom stereocenters. The van der Waals surface area contributed by atoms with Crippen LogP contribution < -0.4 is 0 Å². The minimum atomic E-state index is 0.294. The van der Waals surface area contributed by atoms with Crippen LogP contribution in [0.5, 0.6) is 0 Å². The second-order valence-corrected chi connectivity index (χ2v) is 11.9. The number of unbranched alkanes of at least 4 members (excludes halogenated alkanes) is 10. The molecule has 3 rings (SSSR count). The molecule has 0 nitrogen and oxygen atoms in total. The third-order valence-corrected chi connectivity index (χ3v) is 9.24. The summed E-state index contributed by atoms with van der Waals surface area (Å²) in [5, 5.41) is 2.33. The van der Waals surface area contributed by atoms with Crippen molar-refractivity contribution in [2.75, 3.05) is 0 Å². The third-order valence-electron chi connectivity index (χ3n) is 6.52. The summed E-state index contributed by atoms with van der Waals surface area (Å²) in [5.74, 6) is 0. The highest BCUT2D eigenvalue weighted by atomic mass is 79.9. The molecule has 0 aliphatic heterocycles. The minimum Gasteiger partial charge on any atom is -0.143 e.